The van der Waals surface area contributed by atoms with Gasteiger partial charge in [-0.1, -0.05) is 0 Å². The molecule has 2 heterocycles. The number of pyridine rings is 1. The van der Waals surface area contributed by atoms with Gasteiger partial charge in [-0.25, -0.2) is 0 Å². The lowest BCUT2D eigenvalue weighted by Gasteiger charge is -2.34. The zero-order valence-corrected chi connectivity index (χ0v) is 8.89. The van der Waals surface area contributed by atoms with Crippen molar-refractivity contribution in [3.63, 3.8) is 0 Å². The molecule has 0 saturated carbocycles. The molecular formula is C11H15N3O. The van der Waals surface area contributed by atoms with Gasteiger partial charge in [0.25, 0.3) is 0 Å². The monoisotopic (exact) mass is 205 g/mol. The first-order valence-electron chi connectivity index (χ1n) is 5.16. The maximum Gasteiger partial charge on any atom is 0.209 e. The van der Waals surface area contributed by atoms with E-state index in [1.807, 2.05) is 24.1 Å². The largest absolute Gasteiger partial charge is 0.368 e. The van der Waals surface area contributed by atoms with Gasteiger partial charge in [-0.3, -0.25) is 9.78 Å². The minimum atomic E-state index is 0.810. The van der Waals surface area contributed by atoms with Gasteiger partial charge in [0.2, 0.25) is 6.41 Å². The van der Waals surface area contributed by atoms with E-state index in [0.717, 1.165) is 38.3 Å². The summed E-state index contributed by atoms with van der Waals surface area (Å²) in [5.74, 6) is 0. The van der Waals surface area contributed by atoms with Crippen LogP contribution in [0.3, 0.4) is 0 Å². The van der Waals surface area contributed by atoms with Crippen molar-refractivity contribution in [1.82, 2.24) is 9.88 Å². The summed E-state index contributed by atoms with van der Waals surface area (Å²) in [4.78, 5) is 18.8. The number of amides is 1. The second-order valence-electron chi connectivity index (χ2n) is 3.78. The number of carbonyl (C=O) groups excluding carboxylic acids is 1. The molecule has 0 unspecified atom stereocenters. The van der Waals surface area contributed by atoms with Crippen molar-refractivity contribution in [1.29, 1.82) is 0 Å². The fourth-order valence-corrected chi connectivity index (χ4v) is 1.81. The van der Waals surface area contributed by atoms with Crippen LogP contribution in [0, 0.1) is 6.92 Å². The van der Waals surface area contributed by atoms with E-state index < -0.39 is 0 Å². The van der Waals surface area contributed by atoms with E-state index >= 15 is 0 Å². The third kappa shape index (κ3) is 2.26. The molecule has 1 saturated heterocycles. The third-order valence-corrected chi connectivity index (χ3v) is 2.71. The van der Waals surface area contributed by atoms with Crippen LogP contribution in [-0.4, -0.2) is 42.5 Å². The first-order chi connectivity index (χ1) is 7.29. The molecule has 0 N–H and O–H groups in total. The van der Waals surface area contributed by atoms with Crippen LogP contribution in [0.5, 0.6) is 0 Å². The highest BCUT2D eigenvalue weighted by Gasteiger charge is 2.15. The first kappa shape index (κ1) is 9.96. The van der Waals surface area contributed by atoms with Gasteiger partial charge in [-0.15, -0.1) is 0 Å². The quantitative estimate of drug-likeness (QED) is 0.666. The highest BCUT2D eigenvalue weighted by Crippen LogP contribution is 2.15. The molecule has 1 aromatic rings. The Balaban J connectivity index is 2.04. The SMILES string of the molecule is Cc1cc(N2CCN(C=O)CC2)ccn1. The smallest absolute Gasteiger partial charge is 0.209 e. The van der Waals surface area contributed by atoms with Crippen LogP contribution in [-0.2, 0) is 4.79 Å². The van der Waals surface area contributed by atoms with Crippen LogP contribution in [0.1, 0.15) is 5.69 Å². The molecule has 0 spiro atoms. The highest BCUT2D eigenvalue weighted by atomic mass is 16.1. The normalized spacial score (nSPS) is 16.6. The van der Waals surface area contributed by atoms with Gasteiger partial charge in [-0.2, -0.15) is 0 Å². The summed E-state index contributed by atoms with van der Waals surface area (Å²) < 4.78 is 0. The number of carbonyl (C=O) groups is 1. The number of piperazine rings is 1. The second-order valence-corrected chi connectivity index (χ2v) is 3.78. The van der Waals surface area contributed by atoms with Crippen molar-refractivity contribution in [3.05, 3.63) is 24.0 Å². The van der Waals surface area contributed by atoms with Crippen molar-refractivity contribution >= 4 is 12.1 Å². The number of aromatic nitrogens is 1. The first-order valence-corrected chi connectivity index (χ1v) is 5.16. The third-order valence-electron chi connectivity index (χ3n) is 2.71. The van der Waals surface area contributed by atoms with E-state index in [1.54, 1.807) is 0 Å². The molecule has 1 fully saturated rings. The topological polar surface area (TPSA) is 36.4 Å². The summed E-state index contributed by atoms with van der Waals surface area (Å²) in [5.41, 5.74) is 2.23. The molecular weight excluding hydrogens is 190 g/mol. The Hall–Kier alpha value is -1.58. The van der Waals surface area contributed by atoms with E-state index in [2.05, 4.69) is 16.0 Å². The van der Waals surface area contributed by atoms with E-state index in [0.29, 0.717) is 0 Å². The van der Waals surface area contributed by atoms with E-state index in [1.165, 1.54) is 5.69 Å². The van der Waals surface area contributed by atoms with E-state index in [9.17, 15) is 4.79 Å². The molecule has 1 aliphatic heterocycles. The number of nitrogens with zero attached hydrogens (tertiary/aromatic N) is 3. The summed E-state index contributed by atoms with van der Waals surface area (Å²) >= 11 is 0. The molecule has 2 rings (SSSR count). The summed E-state index contributed by atoms with van der Waals surface area (Å²) in [6.07, 6.45) is 2.76. The molecule has 0 atom stereocenters. The predicted molar refractivity (Wildman–Crippen MR) is 58.8 cm³/mol. The molecule has 0 bridgehead atoms. The lowest BCUT2D eigenvalue weighted by atomic mass is 10.2. The van der Waals surface area contributed by atoms with E-state index in [4.69, 9.17) is 0 Å². The minimum Gasteiger partial charge on any atom is -0.368 e. The molecule has 80 valence electrons. The van der Waals surface area contributed by atoms with E-state index in [-0.39, 0.29) is 0 Å². The number of aryl methyl sites for hydroxylation is 1. The van der Waals surface area contributed by atoms with Gasteiger partial charge in [0, 0.05) is 43.8 Å². The lowest BCUT2D eigenvalue weighted by molar-refractivity contribution is -0.118. The fraction of sp³-hybridized carbons (Fsp3) is 0.455. The average molecular weight is 205 g/mol. The molecule has 1 amide bonds. The summed E-state index contributed by atoms with van der Waals surface area (Å²) in [7, 11) is 0. The van der Waals surface area contributed by atoms with Crippen LogP contribution in [0.15, 0.2) is 18.3 Å². The van der Waals surface area contributed by atoms with Gasteiger partial charge in [0.1, 0.15) is 0 Å². The van der Waals surface area contributed by atoms with Gasteiger partial charge < -0.3 is 9.80 Å². The number of anilines is 1. The Morgan fingerprint density at radius 1 is 1.33 bits per heavy atom. The van der Waals surface area contributed by atoms with Crippen molar-refractivity contribution in [3.8, 4) is 0 Å². The van der Waals surface area contributed by atoms with Crippen LogP contribution < -0.4 is 4.90 Å². The predicted octanol–water partition coefficient (Wildman–Crippen LogP) is 0.668. The standard InChI is InChI=1S/C11H15N3O/c1-10-8-11(2-3-12-10)14-6-4-13(9-15)5-7-14/h2-3,8-9H,4-7H2,1H3. The summed E-state index contributed by atoms with van der Waals surface area (Å²) in [5, 5.41) is 0. The van der Waals surface area contributed by atoms with Gasteiger partial charge in [0.05, 0.1) is 0 Å². The van der Waals surface area contributed by atoms with Crippen molar-refractivity contribution < 1.29 is 4.79 Å². The van der Waals surface area contributed by atoms with Crippen LogP contribution >= 0.6 is 0 Å². The number of rotatable bonds is 2. The number of hydrogen-bond acceptors (Lipinski definition) is 3. The second kappa shape index (κ2) is 4.29. The Labute approximate surface area is 89.5 Å². The lowest BCUT2D eigenvalue weighted by Crippen LogP contribution is -2.45. The summed E-state index contributed by atoms with van der Waals surface area (Å²) in [6.45, 7) is 5.42. The Morgan fingerprint density at radius 2 is 2.07 bits per heavy atom. The molecule has 4 heteroatoms. The van der Waals surface area contributed by atoms with Crippen LogP contribution in [0.25, 0.3) is 0 Å². The van der Waals surface area contributed by atoms with Gasteiger partial charge in [0.15, 0.2) is 0 Å². The molecule has 0 aromatic carbocycles. The molecule has 0 aliphatic carbocycles. The zero-order valence-electron chi connectivity index (χ0n) is 8.89. The van der Waals surface area contributed by atoms with Crippen LogP contribution in [0.2, 0.25) is 0 Å². The van der Waals surface area contributed by atoms with Gasteiger partial charge >= 0.3 is 0 Å². The molecule has 1 aliphatic rings. The van der Waals surface area contributed by atoms with Crippen molar-refractivity contribution in [2.75, 3.05) is 31.1 Å². The summed E-state index contributed by atoms with van der Waals surface area (Å²) in [6, 6.07) is 4.10. The van der Waals surface area contributed by atoms with Crippen molar-refractivity contribution in [2.24, 2.45) is 0 Å². The maximum absolute atomic E-state index is 10.6. The minimum absolute atomic E-state index is 0.810. The zero-order chi connectivity index (χ0) is 10.7. The Bertz CT molecular complexity index is 345. The molecule has 1 aromatic heterocycles. The Morgan fingerprint density at radius 3 is 2.67 bits per heavy atom. The molecule has 4 nitrogen and oxygen atoms in total. The highest BCUT2D eigenvalue weighted by molar-refractivity contribution is 5.51. The molecule has 15 heavy (non-hydrogen) atoms. The van der Waals surface area contributed by atoms with Crippen LogP contribution in [0.4, 0.5) is 5.69 Å². The van der Waals surface area contributed by atoms with Gasteiger partial charge in [-0.05, 0) is 19.1 Å². The molecule has 0 radical (unpaired) electrons. The fourth-order valence-electron chi connectivity index (χ4n) is 1.81. The average Bonchev–Trinajstić information content (AvgIpc) is 2.29. The maximum atomic E-state index is 10.6. The number of hydrogen-bond donors (Lipinski definition) is 0. The van der Waals surface area contributed by atoms with Crippen molar-refractivity contribution in [2.45, 2.75) is 6.92 Å². The Kier molecular flexibility index (Phi) is 2.85.